The first-order valence-corrected chi connectivity index (χ1v) is 6.73. The molecule has 1 aromatic heterocycles. The lowest BCUT2D eigenvalue weighted by molar-refractivity contribution is 0.597. The second-order valence-electron chi connectivity index (χ2n) is 3.33. The number of hydrogen-bond acceptors (Lipinski definition) is 4. The number of aromatic nitrogens is 1. The van der Waals surface area contributed by atoms with Crippen LogP contribution in [0.4, 0.5) is 5.82 Å². The van der Waals surface area contributed by atoms with Gasteiger partial charge in [-0.05, 0) is 18.6 Å². The van der Waals surface area contributed by atoms with Crippen LogP contribution in [0.2, 0.25) is 0 Å². The Morgan fingerprint density at radius 1 is 1.47 bits per heavy atom. The van der Waals surface area contributed by atoms with E-state index in [1.165, 1.54) is 0 Å². The van der Waals surface area contributed by atoms with Gasteiger partial charge in [0.1, 0.15) is 5.82 Å². The highest BCUT2D eigenvalue weighted by atomic mass is 32.2. The van der Waals surface area contributed by atoms with E-state index in [0.717, 1.165) is 11.4 Å². The molecule has 0 spiro atoms. The van der Waals surface area contributed by atoms with Crippen LogP contribution in [0.3, 0.4) is 0 Å². The van der Waals surface area contributed by atoms with Crippen LogP contribution in [0, 0.1) is 6.92 Å². The summed E-state index contributed by atoms with van der Waals surface area (Å²) in [4.78, 5) is 4.12. The maximum absolute atomic E-state index is 11.2. The highest BCUT2D eigenvalue weighted by Gasteiger charge is 2.06. The maximum Gasteiger partial charge on any atom is 0.151 e. The smallest absolute Gasteiger partial charge is 0.151 e. The number of sulfone groups is 1. The number of rotatable bonds is 5. The summed E-state index contributed by atoms with van der Waals surface area (Å²) in [5, 5.41) is 3.01. The highest BCUT2D eigenvalue weighted by molar-refractivity contribution is 7.91. The van der Waals surface area contributed by atoms with Gasteiger partial charge < -0.3 is 5.32 Å². The molecule has 0 saturated carbocycles. The molecule has 0 bridgehead atoms. The van der Waals surface area contributed by atoms with Gasteiger partial charge in [0, 0.05) is 18.5 Å². The predicted octanol–water partition coefficient (Wildman–Crippen LogP) is 1.24. The summed E-state index contributed by atoms with van der Waals surface area (Å²) in [7, 11) is -2.89. The van der Waals surface area contributed by atoms with Crippen molar-refractivity contribution in [3.8, 4) is 0 Å². The Balaban J connectivity index is 2.49. The largest absolute Gasteiger partial charge is 0.369 e. The maximum atomic E-state index is 11.2. The molecular formula is C10H16N2O2S. The fraction of sp³-hybridized carbons (Fsp3) is 0.500. The minimum Gasteiger partial charge on any atom is -0.369 e. The number of anilines is 1. The van der Waals surface area contributed by atoms with E-state index in [-0.39, 0.29) is 11.5 Å². The summed E-state index contributed by atoms with van der Waals surface area (Å²) in [5.74, 6) is 1.10. The monoisotopic (exact) mass is 228 g/mol. The van der Waals surface area contributed by atoms with Crippen LogP contribution in [-0.2, 0) is 9.84 Å². The summed E-state index contributed by atoms with van der Waals surface area (Å²) in [5.41, 5.74) is 1.02. The van der Waals surface area contributed by atoms with Gasteiger partial charge in [-0.25, -0.2) is 13.4 Å². The van der Waals surface area contributed by atoms with Crippen molar-refractivity contribution in [3.05, 3.63) is 23.9 Å². The van der Waals surface area contributed by atoms with Crippen LogP contribution < -0.4 is 5.32 Å². The van der Waals surface area contributed by atoms with Crippen LogP contribution in [0.15, 0.2) is 18.3 Å². The Labute approximate surface area is 90.7 Å². The molecule has 0 aromatic carbocycles. The van der Waals surface area contributed by atoms with E-state index in [9.17, 15) is 8.42 Å². The van der Waals surface area contributed by atoms with Crippen LogP contribution in [0.5, 0.6) is 0 Å². The van der Waals surface area contributed by atoms with Gasteiger partial charge in [-0.2, -0.15) is 0 Å². The number of aryl methyl sites for hydroxylation is 1. The van der Waals surface area contributed by atoms with Crippen molar-refractivity contribution < 1.29 is 8.42 Å². The fourth-order valence-electron chi connectivity index (χ4n) is 1.14. The van der Waals surface area contributed by atoms with Crippen molar-refractivity contribution in [1.82, 2.24) is 4.98 Å². The zero-order chi connectivity index (χ0) is 11.3. The average molecular weight is 228 g/mol. The highest BCUT2D eigenvalue weighted by Crippen LogP contribution is 2.08. The SMILES string of the molecule is CCS(=O)(=O)CCNc1ncccc1C. The molecule has 1 N–H and O–H groups in total. The Bertz CT molecular complexity index is 415. The topological polar surface area (TPSA) is 59.1 Å². The zero-order valence-corrected chi connectivity index (χ0v) is 9.84. The van der Waals surface area contributed by atoms with Crippen LogP contribution in [-0.4, -0.2) is 31.5 Å². The Kier molecular flexibility index (Phi) is 4.08. The molecule has 0 aliphatic rings. The number of hydrogen-bond donors (Lipinski definition) is 1. The first-order valence-electron chi connectivity index (χ1n) is 4.91. The number of nitrogens with zero attached hydrogens (tertiary/aromatic N) is 1. The molecule has 84 valence electrons. The zero-order valence-electron chi connectivity index (χ0n) is 9.03. The first kappa shape index (κ1) is 12.0. The van der Waals surface area contributed by atoms with Gasteiger partial charge in [0.05, 0.1) is 5.75 Å². The molecule has 1 heterocycles. The van der Waals surface area contributed by atoms with Crippen molar-refractivity contribution in [2.24, 2.45) is 0 Å². The van der Waals surface area contributed by atoms with E-state index in [0.29, 0.717) is 6.54 Å². The summed E-state index contributed by atoms with van der Waals surface area (Å²) in [6.07, 6.45) is 1.68. The van der Waals surface area contributed by atoms with E-state index >= 15 is 0 Å². The van der Waals surface area contributed by atoms with E-state index in [1.807, 2.05) is 19.1 Å². The average Bonchev–Trinajstić information content (AvgIpc) is 2.21. The fourth-order valence-corrected chi connectivity index (χ4v) is 1.84. The van der Waals surface area contributed by atoms with Crippen LogP contribution >= 0.6 is 0 Å². The third-order valence-electron chi connectivity index (χ3n) is 2.15. The van der Waals surface area contributed by atoms with Gasteiger partial charge in [-0.15, -0.1) is 0 Å². The lowest BCUT2D eigenvalue weighted by Crippen LogP contribution is -2.17. The standard InChI is InChI=1S/C10H16N2O2S/c1-3-15(13,14)8-7-12-10-9(2)5-4-6-11-10/h4-6H,3,7-8H2,1-2H3,(H,11,12). The van der Waals surface area contributed by atoms with Crippen LogP contribution in [0.25, 0.3) is 0 Å². The molecule has 0 fully saturated rings. The molecule has 0 unspecified atom stereocenters. The molecular weight excluding hydrogens is 212 g/mol. The number of pyridine rings is 1. The van der Waals surface area contributed by atoms with E-state index in [1.54, 1.807) is 13.1 Å². The minimum absolute atomic E-state index is 0.152. The predicted molar refractivity (Wildman–Crippen MR) is 61.8 cm³/mol. The summed E-state index contributed by atoms with van der Waals surface area (Å²) in [6, 6.07) is 3.78. The van der Waals surface area contributed by atoms with Crippen molar-refractivity contribution >= 4 is 15.7 Å². The molecule has 0 atom stereocenters. The third-order valence-corrected chi connectivity index (χ3v) is 3.86. The molecule has 0 amide bonds. The Morgan fingerprint density at radius 2 is 2.20 bits per heavy atom. The van der Waals surface area contributed by atoms with Crippen molar-refractivity contribution in [3.63, 3.8) is 0 Å². The van der Waals surface area contributed by atoms with Crippen molar-refractivity contribution in [2.45, 2.75) is 13.8 Å². The second-order valence-corrected chi connectivity index (χ2v) is 5.80. The molecule has 0 radical (unpaired) electrons. The van der Waals surface area contributed by atoms with Gasteiger partial charge in [0.25, 0.3) is 0 Å². The normalized spacial score (nSPS) is 11.3. The Morgan fingerprint density at radius 3 is 2.80 bits per heavy atom. The van der Waals surface area contributed by atoms with Crippen LogP contribution in [0.1, 0.15) is 12.5 Å². The van der Waals surface area contributed by atoms with E-state index in [2.05, 4.69) is 10.3 Å². The summed E-state index contributed by atoms with van der Waals surface area (Å²) in [6.45, 7) is 4.00. The molecule has 0 saturated heterocycles. The van der Waals surface area contributed by atoms with E-state index in [4.69, 9.17) is 0 Å². The molecule has 15 heavy (non-hydrogen) atoms. The first-order chi connectivity index (χ1) is 7.05. The Hall–Kier alpha value is -1.10. The molecule has 5 heteroatoms. The van der Waals surface area contributed by atoms with Gasteiger partial charge in [0.2, 0.25) is 0 Å². The number of nitrogens with one attached hydrogen (secondary N) is 1. The van der Waals surface area contributed by atoms with Crippen molar-refractivity contribution in [1.29, 1.82) is 0 Å². The third kappa shape index (κ3) is 3.87. The van der Waals surface area contributed by atoms with Crippen molar-refractivity contribution in [2.75, 3.05) is 23.4 Å². The molecule has 1 aromatic rings. The minimum atomic E-state index is -2.89. The molecule has 0 aliphatic heterocycles. The molecule has 1 rings (SSSR count). The summed E-state index contributed by atoms with van der Waals surface area (Å²) < 4.78 is 22.4. The second kappa shape index (κ2) is 5.11. The van der Waals surface area contributed by atoms with E-state index < -0.39 is 9.84 Å². The molecule has 4 nitrogen and oxygen atoms in total. The van der Waals surface area contributed by atoms with Gasteiger partial charge in [0.15, 0.2) is 9.84 Å². The quantitative estimate of drug-likeness (QED) is 0.823. The lowest BCUT2D eigenvalue weighted by atomic mass is 10.3. The molecule has 0 aliphatic carbocycles. The summed E-state index contributed by atoms with van der Waals surface area (Å²) >= 11 is 0. The van der Waals surface area contributed by atoms with Gasteiger partial charge in [-0.1, -0.05) is 13.0 Å². The lowest BCUT2D eigenvalue weighted by Gasteiger charge is -2.07. The van der Waals surface area contributed by atoms with Gasteiger partial charge in [-0.3, -0.25) is 0 Å². The van der Waals surface area contributed by atoms with Gasteiger partial charge >= 0.3 is 0 Å².